The molecular weight excluding hydrogens is 302 g/mol. The number of carbonyl (C=O) groups is 1. The van der Waals surface area contributed by atoms with Gasteiger partial charge in [-0.3, -0.25) is 4.79 Å². The number of carbonyl (C=O) groups excluding carboxylic acids is 1. The number of unbranched alkanes of at least 4 members (excludes halogenated alkanes) is 1. The van der Waals surface area contributed by atoms with Gasteiger partial charge in [0.25, 0.3) is 0 Å². The molecule has 0 amide bonds. The highest BCUT2D eigenvalue weighted by atomic mass is 32.2. The highest BCUT2D eigenvalue weighted by Gasteiger charge is 2.15. The summed E-state index contributed by atoms with van der Waals surface area (Å²) in [7, 11) is -3.72. The molecule has 0 bridgehead atoms. The van der Waals surface area contributed by atoms with Crippen LogP contribution in [0.4, 0.5) is 0 Å². The zero-order valence-electron chi connectivity index (χ0n) is 13.0. The predicted molar refractivity (Wildman–Crippen MR) is 84.4 cm³/mol. The largest absolute Gasteiger partial charge is 0.460 e. The molecule has 0 saturated carbocycles. The summed E-state index contributed by atoms with van der Waals surface area (Å²) in [6.45, 7) is 5.47. The SMILES string of the molecule is CC(C)(C)OC(=O)CCCC#Cc1cccc(S(N)(=O)=O)c1. The molecule has 0 fully saturated rings. The minimum atomic E-state index is -3.72. The second-order valence-electron chi connectivity index (χ2n) is 5.81. The van der Waals surface area contributed by atoms with Gasteiger partial charge in [0.2, 0.25) is 10.0 Å². The molecule has 1 rings (SSSR count). The summed E-state index contributed by atoms with van der Waals surface area (Å²) in [5.74, 6) is 5.52. The van der Waals surface area contributed by atoms with Gasteiger partial charge in [-0.15, -0.1) is 0 Å². The van der Waals surface area contributed by atoms with Crippen molar-refractivity contribution in [3.05, 3.63) is 29.8 Å². The molecule has 22 heavy (non-hydrogen) atoms. The fourth-order valence-electron chi connectivity index (χ4n) is 1.63. The molecule has 0 aromatic heterocycles. The van der Waals surface area contributed by atoms with E-state index in [-0.39, 0.29) is 10.9 Å². The lowest BCUT2D eigenvalue weighted by molar-refractivity contribution is -0.154. The van der Waals surface area contributed by atoms with E-state index >= 15 is 0 Å². The van der Waals surface area contributed by atoms with Crippen molar-refractivity contribution in [2.45, 2.75) is 50.5 Å². The van der Waals surface area contributed by atoms with E-state index in [0.29, 0.717) is 24.8 Å². The lowest BCUT2D eigenvalue weighted by Crippen LogP contribution is -2.23. The van der Waals surface area contributed by atoms with Crippen LogP contribution in [0.2, 0.25) is 0 Å². The molecule has 0 aliphatic rings. The van der Waals surface area contributed by atoms with Gasteiger partial charge in [-0.1, -0.05) is 17.9 Å². The molecule has 2 N–H and O–H groups in total. The van der Waals surface area contributed by atoms with E-state index in [1.165, 1.54) is 12.1 Å². The van der Waals surface area contributed by atoms with Gasteiger partial charge in [-0.2, -0.15) is 0 Å². The Kier molecular flexibility index (Phi) is 6.15. The molecule has 0 aliphatic heterocycles. The van der Waals surface area contributed by atoms with Crippen molar-refractivity contribution in [3.63, 3.8) is 0 Å². The molecule has 1 aromatic rings. The first kappa shape index (κ1) is 18.2. The van der Waals surface area contributed by atoms with Crippen LogP contribution >= 0.6 is 0 Å². The molecule has 5 nitrogen and oxygen atoms in total. The van der Waals surface area contributed by atoms with Crippen LogP contribution in [0.1, 0.15) is 45.6 Å². The van der Waals surface area contributed by atoms with Gasteiger partial charge in [0.15, 0.2) is 0 Å². The van der Waals surface area contributed by atoms with Crippen LogP contribution in [-0.4, -0.2) is 20.0 Å². The smallest absolute Gasteiger partial charge is 0.306 e. The Morgan fingerprint density at radius 3 is 2.59 bits per heavy atom. The number of hydrogen-bond acceptors (Lipinski definition) is 4. The predicted octanol–water partition coefficient (Wildman–Crippen LogP) is 2.20. The van der Waals surface area contributed by atoms with Crippen LogP contribution in [0, 0.1) is 11.8 Å². The fourth-order valence-corrected chi connectivity index (χ4v) is 2.19. The van der Waals surface area contributed by atoms with Crippen molar-refractivity contribution in [2.75, 3.05) is 0 Å². The van der Waals surface area contributed by atoms with Crippen molar-refractivity contribution >= 4 is 16.0 Å². The first-order valence-electron chi connectivity index (χ1n) is 6.91. The number of ether oxygens (including phenoxy) is 1. The normalized spacial score (nSPS) is 11.5. The zero-order chi connectivity index (χ0) is 16.8. The highest BCUT2D eigenvalue weighted by Crippen LogP contribution is 2.10. The molecule has 1 aromatic carbocycles. The summed E-state index contributed by atoms with van der Waals surface area (Å²) < 4.78 is 27.6. The van der Waals surface area contributed by atoms with Crippen molar-refractivity contribution in [2.24, 2.45) is 5.14 Å². The van der Waals surface area contributed by atoms with Gasteiger partial charge in [0, 0.05) is 18.4 Å². The van der Waals surface area contributed by atoms with Crippen LogP contribution < -0.4 is 5.14 Å². The maximum absolute atomic E-state index is 11.5. The molecule has 0 radical (unpaired) electrons. The molecule has 0 atom stereocenters. The highest BCUT2D eigenvalue weighted by molar-refractivity contribution is 7.89. The minimum Gasteiger partial charge on any atom is -0.460 e. The van der Waals surface area contributed by atoms with Gasteiger partial charge >= 0.3 is 5.97 Å². The molecule has 0 heterocycles. The van der Waals surface area contributed by atoms with Gasteiger partial charge in [-0.05, 0) is 45.4 Å². The molecule has 0 aliphatic carbocycles. The lowest BCUT2D eigenvalue weighted by Gasteiger charge is -2.19. The Hall–Kier alpha value is -1.84. The number of hydrogen-bond donors (Lipinski definition) is 1. The van der Waals surface area contributed by atoms with Gasteiger partial charge in [0.1, 0.15) is 5.60 Å². The van der Waals surface area contributed by atoms with E-state index in [9.17, 15) is 13.2 Å². The number of esters is 1. The maximum atomic E-state index is 11.5. The molecule has 0 spiro atoms. The van der Waals surface area contributed by atoms with E-state index in [1.807, 2.05) is 20.8 Å². The van der Waals surface area contributed by atoms with E-state index in [4.69, 9.17) is 9.88 Å². The Balaban J connectivity index is 2.51. The van der Waals surface area contributed by atoms with Crippen molar-refractivity contribution in [1.29, 1.82) is 0 Å². The second-order valence-corrected chi connectivity index (χ2v) is 7.38. The third-order valence-corrected chi connectivity index (χ3v) is 3.41. The van der Waals surface area contributed by atoms with Crippen LogP contribution in [0.5, 0.6) is 0 Å². The Morgan fingerprint density at radius 1 is 1.32 bits per heavy atom. The Labute approximate surface area is 131 Å². The van der Waals surface area contributed by atoms with Crippen molar-refractivity contribution in [3.8, 4) is 11.8 Å². The summed E-state index contributed by atoms with van der Waals surface area (Å²) >= 11 is 0. The van der Waals surface area contributed by atoms with Crippen molar-refractivity contribution < 1.29 is 17.9 Å². The van der Waals surface area contributed by atoms with Crippen molar-refractivity contribution in [1.82, 2.24) is 0 Å². The first-order valence-corrected chi connectivity index (χ1v) is 8.46. The first-order chi connectivity index (χ1) is 10.1. The maximum Gasteiger partial charge on any atom is 0.306 e. The van der Waals surface area contributed by atoms with Gasteiger partial charge in [0.05, 0.1) is 4.90 Å². The van der Waals surface area contributed by atoms with Gasteiger partial charge in [-0.25, -0.2) is 13.6 Å². The van der Waals surface area contributed by atoms with E-state index in [2.05, 4.69) is 11.8 Å². The molecule has 0 unspecified atom stereocenters. The summed E-state index contributed by atoms with van der Waals surface area (Å²) in [6.07, 6.45) is 1.43. The van der Waals surface area contributed by atoms with E-state index < -0.39 is 15.6 Å². The summed E-state index contributed by atoms with van der Waals surface area (Å²) in [5.41, 5.74) is 0.0977. The number of rotatable bonds is 4. The number of benzene rings is 1. The molecular formula is C16H21NO4S. The Morgan fingerprint density at radius 2 is 2.00 bits per heavy atom. The van der Waals surface area contributed by atoms with Crippen LogP contribution in [-0.2, 0) is 19.6 Å². The average Bonchev–Trinajstić information content (AvgIpc) is 2.35. The quantitative estimate of drug-likeness (QED) is 0.523. The van der Waals surface area contributed by atoms with E-state index in [0.717, 1.165) is 0 Å². The summed E-state index contributed by atoms with van der Waals surface area (Å²) in [4.78, 5) is 11.5. The number of primary sulfonamides is 1. The van der Waals surface area contributed by atoms with E-state index in [1.54, 1.807) is 12.1 Å². The number of nitrogens with two attached hydrogens (primary N) is 1. The molecule has 120 valence electrons. The lowest BCUT2D eigenvalue weighted by atomic mass is 10.2. The second kappa shape index (κ2) is 7.43. The third kappa shape index (κ3) is 7.25. The van der Waals surface area contributed by atoms with Crippen LogP contribution in [0.25, 0.3) is 0 Å². The minimum absolute atomic E-state index is 0.0352. The zero-order valence-corrected chi connectivity index (χ0v) is 13.9. The monoisotopic (exact) mass is 323 g/mol. The third-order valence-electron chi connectivity index (χ3n) is 2.50. The van der Waals surface area contributed by atoms with Crippen LogP contribution in [0.3, 0.4) is 0 Å². The Bertz CT molecular complexity index is 691. The van der Waals surface area contributed by atoms with Crippen LogP contribution in [0.15, 0.2) is 29.2 Å². The molecule has 0 saturated heterocycles. The number of sulfonamides is 1. The standard InChI is InChI=1S/C16H21NO4S/c1-16(2,3)21-15(18)11-6-4-5-8-13-9-7-10-14(12-13)22(17,19)20/h7,9-10,12H,4,6,11H2,1-3H3,(H2,17,19,20). The molecule has 6 heteroatoms. The topological polar surface area (TPSA) is 86.5 Å². The summed E-state index contributed by atoms with van der Waals surface area (Å²) in [5, 5.41) is 5.06. The fraction of sp³-hybridized carbons (Fsp3) is 0.438. The average molecular weight is 323 g/mol. The summed E-state index contributed by atoms with van der Waals surface area (Å²) in [6, 6.07) is 6.14. The van der Waals surface area contributed by atoms with Gasteiger partial charge < -0.3 is 4.74 Å².